The van der Waals surface area contributed by atoms with Gasteiger partial charge in [-0.1, -0.05) is 51.1 Å². The second-order valence-electron chi connectivity index (χ2n) is 10.2. The van der Waals surface area contributed by atoms with Crippen molar-refractivity contribution in [1.29, 1.82) is 0 Å². The van der Waals surface area contributed by atoms with E-state index in [1.54, 1.807) is 25.1 Å². The molecule has 7 heteroatoms. The Labute approximate surface area is 212 Å². The summed E-state index contributed by atoms with van der Waals surface area (Å²) in [6.45, 7) is 12.5. The zero-order valence-electron chi connectivity index (χ0n) is 21.4. The Kier molecular flexibility index (Phi) is 7.62. The maximum Gasteiger partial charge on any atom is 0.296 e. The number of phenols is 1. The highest BCUT2D eigenvalue weighted by Crippen LogP contribution is 2.34. The molecule has 0 radical (unpaired) electrons. The van der Waals surface area contributed by atoms with Crippen LogP contribution >= 0.6 is 0 Å². The number of nitrogens with zero attached hydrogens (tertiary/aromatic N) is 1. The van der Waals surface area contributed by atoms with Crippen LogP contribution in [0.4, 0.5) is 5.69 Å². The summed E-state index contributed by atoms with van der Waals surface area (Å²) in [6, 6.07) is 14.4. The lowest BCUT2D eigenvalue weighted by atomic mass is 9.85. The average Bonchev–Trinajstić information content (AvgIpc) is 2.86. The van der Waals surface area contributed by atoms with Crippen LogP contribution in [0.1, 0.15) is 42.3 Å². The number of ketones is 1. The average molecular weight is 491 g/mol. The molecule has 1 fully saturated rings. The van der Waals surface area contributed by atoms with Gasteiger partial charge in [-0.05, 0) is 47.1 Å². The Morgan fingerprint density at radius 1 is 1.06 bits per heavy atom. The number of phenolic OH excluding ortho intramolecular Hbond substituents is 1. The molecule has 2 N–H and O–H groups in total. The molecular formula is C29H34N2O5. The number of hydrogen-bond acceptors (Lipinski definition) is 6. The fourth-order valence-corrected chi connectivity index (χ4v) is 4.31. The van der Waals surface area contributed by atoms with Crippen LogP contribution in [0.15, 0.2) is 48.5 Å². The summed E-state index contributed by atoms with van der Waals surface area (Å²) in [5.41, 5.74) is 1.91. The summed E-state index contributed by atoms with van der Waals surface area (Å²) in [4.78, 5) is 28.5. The van der Waals surface area contributed by atoms with Gasteiger partial charge in [-0.3, -0.25) is 14.5 Å². The predicted octanol–water partition coefficient (Wildman–Crippen LogP) is 4.68. The van der Waals surface area contributed by atoms with Gasteiger partial charge in [0.05, 0.1) is 18.9 Å². The molecule has 1 amide bonds. The van der Waals surface area contributed by atoms with E-state index in [2.05, 4.69) is 10.2 Å². The molecule has 190 valence electrons. The van der Waals surface area contributed by atoms with Gasteiger partial charge >= 0.3 is 0 Å². The zero-order valence-corrected chi connectivity index (χ0v) is 21.4. The van der Waals surface area contributed by atoms with Crippen LogP contribution in [0.5, 0.6) is 11.5 Å². The van der Waals surface area contributed by atoms with E-state index in [-0.39, 0.29) is 22.4 Å². The normalized spacial score (nSPS) is 14.6. The van der Waals surface area contributed by atoms with Crippen LogP contribution in [-0.4, -0.2) is 61.2 Å². The zero-order chi connectivity index (χ0) is 25.9. The van der Waals surface area contributed by atoms with Gasteiger partial charge in [0, 0.05) is 30.6 Å². The number of fused-ring (bicyclic) bond motifs is 1. The van der Waals surface area contributed by atoms with Crippen LogP contribution in [0, 0.1) is 6.92 Å². The van der Waals surface area contributed by atoms with Crippen LogP contribution < -0.4 is 10.1 Å². The van der Waals surface area contributed by atoms with E-state index >= 15 is 0 Å². The van der Waals surface area contributed by atoms with Crippen molar-refractivity contribution in [2.75, 3.05) is 44.8 Å². The molecule has 0 aliphatic carbocycles. The van der Waals surface area contributed by atoms with Gasteiger partial charge in [0.1, 0.15) is 18.1 Å². The van der Waals surface area contributed by atoms with Gasteiger partial charge in [0.15, 0.2) is 0 Å². The molecular weight excluding hydrogens is 456 g/mol. The Morgan fingerprint density at radius 2 is 1.75 bits per heavy atom. The molecule has 36 heavy (non-hydrogen) atoms. The monoisotopic (exact) mass is 490 g/mol. The van der Waals surface area contributed by atoms with Gasteiger partial charge in [0.25, 0.3) is 11.7 Å². The second-order valence-corrected chi connectivity index (χ2v) is 10.2. The summed E-state index contributed by atoms with van der Waals surface area (Å²) in [5, 5.41) is 14.6. The number of aromatic hydroxyl groups is 1. The van der Waals surface area contributed by atoms with Crippen molar-refractivity contribution in [2.24, 2.45) is 0 Å². The van der Waals surface area contributed by atoms with Crippen molar-refractivity contribution in [1.82, 2.24) is 4.90 Å². The summed E-state index contributed by atoms with van der Waals surface area (Å²) in [5.74, 6) is -0.855. The third-order valence-corrected chi connectivity index (χ3v) is 6.52. The minimum absolute atomic E-state index is 0.0435. The lowest BCUT2D eigenvalue weighted by molar-refractivity contribution is -0.112. The number of hydrogen-bond donors (Lipinski definition) is 2. The molecule has 7 nitrogen and oxygen atoms in total. The van der Waals surface area contributed by atoms with E-state index in [4.69, 9.17) is 9.47 Å². The second kappa shape index (κ2) is 10.7. The first-order valence-corrected chi connectivity index (χ1v) is 12.3. The lowest BCUT2D eigenvalue weighted by Gasteiger charge is -2.26. The van der Waals surface area contributed by atoms with Crippen molar-refractivity contribution in [2.45, 2.75) is 33.1 Å². The smallest absolute Gasteiger partial charge is 0.296 e. The van der Waals surface area contributed by atoms with E-state index in [1.165, 1.54) is 0 Å². The maximum absolute atomic E-state index is 13.2. The van der Waals surface area contributed by atoms with Gasteiger partial charge in [-0.15, -0.1) is 0 Å². The molecule has 1 saturated heterocycles. The first-order valence-electron chi connectivity index (χ1n) is 12.3. The SMILES string of the molecule is Cc1cc(C(C)(C)C)cc(NC(=O)C(=O)c2ccc(OCCN3CCOCC3)c3ccccc23)c1O. The van der Waals surface area contributed by atoms with Crippen molar-refractivity contribution in [3.8, 4) is 11.5 Å². The summed E-state index contributed by atoms with van der Waals surface area (Å²) in [6.07, 6.45) is 0. The lowest BCUT2D eigenvalue weighted by Crippen LogP contribution is -2.38. The highest BCUT2D eigenvalue weighted by Gasteiger charge is 2.23. The highest BCUT2D eigenvalue weighted by atomic mass is 16.5. The third kappa shape index (κ3) is 5.69. The highest BCUT2D eigenvalue weighted by molar-refractivity contribution is 6.48. The summed E-state index contributed by atoms with van der Waals surface area (Å²) < 4.78 is 11.4. The molecule has 1 aliphatic rings. The molecule has 0 unspecified atom stereocenters. The molecule has 1 aliphatic heterocycles. The molecule has 0 spiro atoms. The predicted molar refractivity (Wildman–Crippen MR) is 141 cm³/mol. The molecule has 3 aromatic rings. The number of amides is 1. The van der Waals surface area contributed by atoms with E-state index in [1.807, 2.05) is 51.1 Å². The van der Waals surface area contributed by atoms with Gasteiger partial charge in [-0.25, -0.2) is 0 Å². The number of aryl methyl sites for hydroxylation is 1. The number of Topliss-reactive ketones (excluding diaryl/α,β-unsaturated/α-hetero) is 1. The molecule has 0 saturated carbocycles. The standard InChI is InChI=1S/C29H34N2O5/c1-19-17-20(29(2,3)4)18-24(26(19)32)30-28(34)27(33)23-9-10-25(22-8-6-5-7-21(22)23)36-16-13-31-11-14-35-15-12-31/h5-10,17-18,32H,11-16H2,1-4H3,(H,30,34). The molecule has 1 heterocycles. The third-order valence-electron chi connectivity index (χ3n) is 6.52. The van der Waals surface area contributed by atoms with Gasteiger partial charge in [-0.2, -0.15) is 0 Å². The molecule has 0 atom stereocenters. The first kappa shape index (κ1) is 25.7. The summed E-state index contributed by atoms with van der Waals surface area (Å²) in [7, 11) is 0. The van der Waals surface area contributed by atoms with E-state index in [0.717, 1.165) is 43.8 Å². The van der Waals surface area contributed by atoms with Crippen molar-refractivity contribution >= 4 is 28.2 Å². The molecule has 0 aromatic heterocycles. The van der Waals surface area contributed by atoms with Crippen molar-refractivity contribution < 1.29 is 24.2 Å². The Morgan fingerprint density at radius 3 is 2.44 bits per heavy atom. The van der Waals surface area contributed by atoms with E-state index in [9.17, 15) is 14.7 Å². The number of benzene rings is 3. The number of carbonyl (C=O) groups is 2. The fraction of sp³-hybridized carbons (Fsp3) is 0.379. The van der Waals surface area contributed by atoms with Crippen LogP contribution in [0.2, 0.25) is 0 Å². The van der Waals surface area contributed by atoms with Crippen LogP contribution in [0.3, 0.4) is 0 Å². The number of carbonyl (C=O) groups excluding carboxylic acids is 2. The number of morpholine rings is 1. The number of ether oxygens (including phenoxy) is 2. The van der Waals surface area contributed by atoms with Crippen molar-refractivity contribution in [3.05, 3.63) is 65.2 Å². The van der Waals surface area contributed by atoms with Gasteiger partial charge < -0.3 is 19.9 Å². The van der Waals surface area contributed by atoms with Crippen LogP contribution in [0.25, 0.3) is 10.8 Å². The molecule has 4 rings (SSSR count). The molecule has 3 aromatic carbocycles. The summed E-state index contributed by atoms with van der Waals surface area (Å²) >= 11 is 0. The van der Waals surface area contributed by atoms with Gasteiger partial charge in [0.2, 0.25) is 0 Å². The van der Waals surface area contributed by atoms with Crippen LogP contribution in [-0.2, 0) is 14.9 Å². The van der Waals surface area contributed by atoms with Crippen molar-refractivity contribution in [3.63, 3.8) is 0 Å². The minimum atomic E-state index is -0.804. The number of anilines is 1. The Hall–Kier alpha value is -3.42. The van der Waals surface area contributed by atoms with E-state index < -0.39 is 11.7 Å². The maximum atomic E-state index is 13.2. The largest absolute Gasteiger partial charge is 0.505 e. The Bertz CT molecular complexity index is 1270. The topological polar surface area (TPSA) is 88.1 Å². The number of rotatable bonds is 7. The minimum Gasteiger partial charge on any atom is -0.505 e. The quantitative estimate of drug-likeness (QED) is 0.284. The molecule has 0 bridgehead atoms. The number of nitrogens with one attached hydrogen (secondary N) is 1. The fourth-order valence-electron chi connectivity index (χ4n) is 4.31. The first-order chi connectivity index (χ1) is 17.1. The van der Waals surface area contributed by atoms with E-state index in [0.29, 0.717) is 23.3 Å². The Balaban J connectivity index is 1.54.